The highest BCUT2D eigenvalue weighted by Gasteiger charge is 2.39. The van der Waals surface area contributed by atoms with E-state index in [0.717, 1.165) is 4.90 Å². The number of halogens is 6. The van der Waals surface area contributed by atoms with Crippen molar-refractivity contribution in [3.8, 4) is 0 Å². The number of carboxylic acids is 1. The van der Waals surface area contributed by atoms with Gasteiger partial charge < -0.3 is 10.0 Å². The first kappa shape index (κ1) is 18.1. The molecule has 1 aromatic rings. The van der Waals surface area contributed by atoms with Gasteiger partial charge in [-0.25, -0.2) is 4.79 Å². The number of rotatable bonds is 2. The van der Waals surface area contributed by atoms with Gasteiger partial charge in [0.05, 0.1) is 11.1 Å². The van der Waals surface area contributed by atoms with Crippen LogP contribution in [0.2, 0.25) is 0 Å². The minimum atomic E-state index is -5.08. The van der Waals surface area contributed by atoms with Gasteiger partial charge in [-0.05, 0) is 31.0 Å². The second kappa shape index (κ2) is 5.99. The van der Waals surface area contributed by atoms with Crippen LogP contribution in [-0.2, 0) is 17.1 Å². The molecule has 2 rings (SSSR count). The lowest BCUT2D eigenvalue weighted by Gasteiger charge is -2.22. The molecule has 0 radical (unpaired) electrons. The largest absolute Gasteiger partial charge is 0.480 e. The molecule has 1 heterocycles. The number of amides is 1. The first-order valence-electron chi connectivity index (χ1n) is 6.74. The van der Waals surface area contributed by atoms with Gasteiger partial charge in [0.2, 0.25) is 0 Å². The minimum absolute atomic E-state index is 0.0482. The molecule has 10 heteroatoms. The fourth-order valence-electron chi connectivity index (χ4n) is 2.51. The Morgan fingerprint density at radius 3 is 1.92 bits per heavy atom. The van der Waals surface area contributed by atoms with Gasteiger partial charge in [-0.2, -0.15) is 26.3 Å². The van der Waals surface area contributed by atoms with Crippen LogP contribution in [0.4, 0.5) is 26.3 Å². The molecule has 1 N–H and O–H groups in total. The van der Waals surface area contributed by atoms with Crippen LogP contribution in [0.25, 0.3) is 0 Å². The summed E-state index contributed by atoms with van der Waals surface area (Å²) in [6.07, 6.45) is -9.76. The van der Waals surface area contributed by atoms with Gasteiger partial charge in [0.15, 0.2) is 0 Å². The van der Waals surface area contributed by atoms with Crippen molar-refractivity contribution < 1.29 is 41.0 Å². The Labute approximate surface area is 131 Å². The third-order valence-corrected chi connectivity index (χ3v) is 3.63. The molecule has 1 aromatic carbocycles. The number of aliphatic carboxylic acids is 1. The Morgan fingerprint density at radius 2 is 1.50 bits per heavy atom. The second-order valence-corrected chi connectivity index (χ2v) is 5.29. The van der Waals surface area contributed by atoms with E-state index in [0.29, 0.717) is 18.6 Å². The van der Waals surface area contributed by atoms with Crippen LogP contribution in [0.1, 0.15) is 34.3 Å². The topological polar surface area (TPSA) is 57.6 Å². The molecule has 1 aliphatic rings. The van der Waals surface area contributed by atoms with Gasteiger partial charge in [0.1, 0.15) is 6.04 Å². The Hall–Kier alpha value is -2.26. The third kappa shape index (κ3) is 3.62. The molecule has 1 aliphatic heterocycles. The summed E-state index contributed by atoms with van der Waals surface area (Å²) in [5.41, 5.74) is -4.08. The SMILES string of the molecule is O=C(O)C1CCCN1C(=O)c1cc(C(F)(F)F)cc(C(F)(F)F)c1. The third-order valence-electron chi connectivity index (χ3n) is 3.63. The predicted molar refractivity (Wildman–Crippen MR) is 68.1 cm³/mol. The van der Waals surface area contributed by atoms with E-state index < -0.39 is 47.0 Å². The van der Waals surface area contributed by atoms with Crippen LogP contribution in [0, 0.1) is 0 Å². The average molecular weight is 355 g/mol. The molecule has 24 heavy (non-hydrogen) atoms. The molecule has 1 unspecified atom stereocenters. The van der Waals surface area contributed by atoms with E-state index in [4.69, 9.17) is 5.11 Å². The molecule has 0 aliphatic carbocycles. The number of hydrogen-bond acceptors (Lipinski definition) is 2. The van der Waals surface area contributed by atoms with Gasteiger partial charge in [0.25, 0.3) is 5.91 Å². The normalized spacial score (nSPS) is 18.8. The average Bonchev–Trinajstić information content (AvgIpc) is 2.93. The zero-order chi connectivity index (χ0) is 18.3. The number of carbonyl (C=O) groups excluding carboxylic acids is 1. The van der Waals surface area contributed by atoms with Crippen LogP contribution in [0.5, 0.6) is 0 Å². The molecule has 1 saturated heterocycles. The highest BCUT2D eigenvalue weighted by Crippen LogP contribution is 2.37. The number of benzene rings is 1. The van der Waals surface area contributed by atoms with Crippen molar-refractivity contribution in [2.75, 3.05) is 6.54 Å². The van der Waals surface area contributed by atoms with E-state index >= 15 is 0 Å². The van der Waals surface area contributed by atoms with E-state index in [1.165, 1.54) is 0 Å². The quantitative estimate of drug-likeness (QED) is 0.827. The lowest BCUT2D eigenvalue weighted by molar-refractivity contribution is -0.144. The predicted octanol–water partition coefficient (Wildman–Crippen LogP) is 3.41. The van der Waals surface area contributed by atoms with Crippen LogP contribution in [0.3, 0.4) is 0 Å². The van der Waals surface area contributed by atoms with Gasteiger partial charge in [-0.15, -0.1) is 0 Å². The highest BCUT2D eigenvalue weighted by molar-refractivity contribution is 5.97. The molecular formula is C14H11F6NO3. The summed E-state index contributed by atoms with van der Waals surface area (Å²) in [6, 6.07) is -0.750. The van der Waals surface area contributed by atoms with E-state index in [2.05, 4.69) is 0 Å². The smallest absolute Gasteiger partial charge is 0.416 e. The first-order chi connectivity index (χ1) is 10.9. The molecule has 132 valence electrons. The molecule has 0 spiro atoms. The molecule has 0 saturated carbocycles. The Morgan fingerprint density at radius 1 is 1.00 bits per heavy atom. The van der Waals surface area contributed by atoms with E-state index in [9.17, 15) is 35.9 Å². The van der Waals surface area contributed by atoms with Crippen LogP contribution < -0.4 is 0 Å². The number of hydrogen-bond donors (Lipinski definition) is 1. The maximum atomic E-state index is 12.8. The minimum Gasteiger partial charge on any atom is -0.480 e. The summed E-state index contributed by atoms with van der Waals surface area (Å²) < 4.78 is 76.8. The number of likely N-dealkylation sites (tertiary alicyclic amines) is 1. The summed E-state index contributed by atoms with van der Waals surface area (Å²) in [4.78, 5) is 24.1. The molecule has 0 aromatic heterocycles. The van der Waals surface area contributed by atoms with E-state index in [1.54, 1.807) is 0 Å². The summed E-state index contributed by atoms with van der Waals surface area (Å²) in [7, 11) is 0. The van der Waals surface area contributed by atoms with Crippen LogP contribution in [-0.4, -0.2) is 34.5 Å². The number of carbonyl (C=O) groups is 2. The van der Waals surface area contributed by atoms with Crippen molar-refractivity contribution >= 4 is 11.9 Å². The van der Waals surface area contributed by atoms with Crippen molar-refractivity contribution in [2.24, 2.45) is 0 Å². The van der Waals surface area contributed by atoms with Crippen molar-refractivity contribution in [3.05, 3.63) is 34.9 Å². The fourth-order valence-corrected chi connectivity index (χ4v) is 2.51. The van der Waals surface area contributed by atoms with Crippen LogP contribution in [0.15, 0.2) is 18.2 Å². The maximum Gasteiger partial charge on any atom is 0.416 e. The monoisotopic (exact) mass is 355 g/mol. The maximum absolute atomic E-state index is 12.8. The second-order valence-electron chi connectivity index (χ2n) is 5.29. The van der Waals surface area contributed by atoms with Gasteiger partial charge in [0, 0.05) is 12.1 Å². The molecular weight excluding hydrogens is 344 g/mol. The fraction of sp³-hybridized carbons (Fsp3) is 0.429. The first-order valence-corrected chi connectivity index (χ1v) is 6.74. The lowest BCUT2D eigenvalue weighted by Crippen LogP contribution is -2.40. The van der Waals surface area contributed by atoms with E-state index in [-0.39, 0.29) is 19.0 Å². The standard InChI is InChI=1S/C14H11F6NO3/c15-13(16,17)8-4-7(5-9(6-8)14(18,19)20)11(22)21-3-1-2-10(21)12(23)24/h4-6,10H,1-3H2,(H,23,24). The van der Waals surface area contributed by atoms with Crippen LogP contribution >= 0.6 is 0 Å². The van der Waals surface area contributed by atoms with E-state index in [1.807, 2.05) is 0 Å². The molecule has 1 atom stereocenters. The lowest BCUT2D eigenvalue weighted by atomic mass is 10.0. The summed E-state index contributed by atoms with van der Waals surface area (Å²) in [5.74, 6) is -2.53. The molecule has 4 nitrogen and oxygen atoms in total. The number of alkyl halides is 6. The van der Waals surface area contributed by atoms with Gasteiger partial charge in [-0.1, -0.05) is 0 Å². The molecule has 1 fully saturated rings. The van der Waals surface area contributed by atoms with Gasteiger partial charge >= 0.3 is 18.3 Å². The highest BCUT2D eigenvalue weighted by atomic mass is 19.4. The zero-order valence-electron chi connectivity index (χ0n) is 11.9. The molecule has 0 bridgehead atoms. The van der Waals surface area contributed by atoms with Crippen molar-refractivity contribution in [2.45, 2.75) is 31.2 Å². The number of nitrogens with zero attached hydrogens (tertiary/aromatic N) is 1. The van der Waals surface area contributed by atoms with Crippen molar-refractivity contribution in [3.63, 3.8) is 0 Å². The Bertz CT molecular complexity index is 635. The Kier molecular flexibility index (Phi) is 4.51. The number of carboxylic acid groups (broad SMARTS) is 1. The van der Waals surface area contributed by atoms with Gasteiger partial charge in [-0.3, -0.25) is 4.79 Å². The summed E-state index contributed by atoms with van der Waals surface area (Å²) in [5, 5.41) is 8.99. The molecule has 1 amide bonds. The van der Waals surface area contributed by atoms with Crippen molar-refractivity contribution in [1.29, 1.82) is 0 Å². The summed E-state index contributed by atoms with van der Waals surface area (Å²) >= 11 is 0. The zero-order valence-corrected chi connectivity index (χ0v) is 11.9. The summed E-state index contributed by atoms with van der Waals surface area (Å²) in [6.45, 7) is -0.0482. The Balaban J connectivity index is 2.49. The van der Waals surface area contributed by atoms with Crippen molar-refractivity contribution in [1.82, 2.24) is 4.90 Å².